The maximum absolute atomic E-state index is 12.8. The SMILES string of the molecule is O=P(O)([C@H](O)c1ccc(F)cc1)[C@H](O)c1ccc(F)cc1. The molecule has 2 aromatic carbocycles. The number of hydrogen-bond acceptors (Lipinski definition) is 3. The van der Waals surface area contributed by atoms with Crippen LogP contribution in [0, 0.1) is 11.6 Å². The summed E-state index contributed by atoms with van der Waals surface area (Å²) in [6, 6.07) is 8.73. The van der Waals surface area contributed by atoms with Crippen molar-refractivity contribution in [1.82, 2.24) is 0 Å². The van der Waals surface area contributed by atoms with Gasteiger partial charge in [0.15, 0.2) is 11.7 Å². The van der Waals surface area contributed by atoms with Crippen LogP contribution in [0.5, 0.6) is 0 Å². The molecule has 0 aliphatic heterocycles. The smallest absolute Gasteiger partial charge is 0.264 e. The first kappa shape index (κ1) is 15.8. The van der Waals surface area contributed by atoms with Crippen molar-refractivity contribution in [2.24, 2.45) is 0 Å². The Bertz CT molecular complexity index is 602. The van der Waals surface area contributed by atoms with Crippen molar-refractivity contribution >= 4 is 7.37 Å². The summed E-state index contributed by atoms with van der Waals surface area (Å²) in [5.41, 5.74) is 0.00629. The first-order valence-electron chi connectivity index (χ1n) is 6.01. The van der Waals surface area contributed by atoms with Crippen molar-refractivity contribution in [3.8, 4) is 0 Å². The third kappa shape index (κ3) is 3.36. The Kier molecular flexibility index (Phi) is 4.54. The first-order valence-corrected chi connectivity index (χ1v) is 7.81. The molecule has 0 saturated carbocycles. The molecular weight excluding hydrogens is 301 g/mol. The highest BCUT2D eigenvalue weighted by atomic mass is 31.2. The molecule has 21 heavy (non-hydrogen) atoms. The van der Waals surface area contributed by atoms with Gasteiger partial charge >= 0.3 is 0 Å². The van der Waals surface area contributed by atoms with Crippen LogP contribution in [0.4, 0.5) is 8.78 Å². The molecule has 0 spiro atoms. The molecule has 7 heteroatoms. The predicted molar refractivity (Wildman–Crippen MR) is 72.5 cm³/mol. The molecule has 0 unspecified atom stereocenters. The molecule has 0 amide bonds. The minimum absolute atomic E-state index is 0.00314. The monoisotopic (exact) mass is 314 g/mol. The van der Waals surface area contributed by atoms with Crippen molar-refractivity contribution in [2.45, 2.75) is 11.7 Å². The molecule has 0 radical (unpaired) electrons. The van der Waals surface area contributed by atoms with E-state index in [0.29, 0.717) is 0 Å². The molecule has 4 nitrogen and oxygen atoms in total. The number of aliphatic hydroxyl groups is 2. The molecule has 0 fully saturated rings. The van der Waals surface area contributed by atoms with Gasteiger partial charge in [-0.2, -0.15) is 0 Å². The molecule has 112 valence electrons. The van der Waals surface area contributed by atoms with E-state index in [1.165, 1.54) is 0 Å². The highest BCUT2D eigenvalue weighted by Crippen LogP contribution is 2.63. The third-order valence-electron chi connectivity index (χ3n) is 3.04. The molecule has 2 rings (SSSR count). The number of hydrogen-bond donors (Lipinski definition) is 3. The largest absolute Gasteiger partial charge is 0.378 e. The molecule has 0 saturated heterocycles. The Morgan fingerprint density at radius 1 is 0.762 bits per heavy atom. The van der Waals surface area contributed by atoms with Crippen LogP contribution in [0.15, 0.2) is 48.5 Å². The average molecular weight is 314 g/mol. The van der Waals surface area contributed by atoms with Crippen LogP contribution >= 0.6 is 7.37 Å². The number of rotatable bonds is 4. The van der Waals surface area contributed by atoms with Crippen molar-refractivity contribution in [3.05, 3.63) is 71.3 Å². The van der Waals surface area contributed by atoms with Crippen molar-refractivity contribution in [1.29, 1.82) is 0 Å². The normalized spacial score (nSPS) is 14.7. The molecular formula is C14H13F2O4P. The van der Waals surface area contributed by atoms with Gasteiger partial charge in [0.05, 0.1) is 0 Å². The van der Waals surface area contributed by atoms with Gasteiger partial charge in [-0.1, -0.05) is 24.3 Å². The first-order chi connectivity index (χ1) is 9.82. The molecule has 0 aromatic heterocycles. The summed E-state index contributed by atoms with van der Waals surface area (Å²) in [7, 11) is -4.48. The third-order valence-corrected chi connectivity index (χ3v) is 5.04. The van der Waals surface area contributed by atoms with Crippen LogP contribution in [0.25, 0.3) is 0 Å². The van der Waals surface area contributed by atoms with E-state index in [4.69, 9.17) is 0 Å². The van der Waals surface area contributed by atoms with E-state index in [9.17, 15) is 28.5 Å². The number of benzene rings is 2. The zero-order chi connectivity index (χ0) is 15.6. The van der Waals surface area contributed by atoms with Crippen molar-refractivity contribution in [2.75, 3.05) is 0 Å². The van der Waals surface area contributed by atoms with Crippen LogP contribution in [0.1, 0.15) is 22.8 Å². The summed E-state index contributed by atoms with van der Waals surface area (Å²) < 4.78 is 37.9. The lowest BCUT2D eigenvalue weighted by molar-refractivity contribution is 0.186. The molecule has 3 N–H and O–H groups in total. The minimum atomic E-state index is -4.48. The summed E-state index contributed by atoms with van der Waals surface area (Å²) in [5, 5.41) is 19.9. The maximum atomic E-state index is 12.8. The van der Waals surface area contributed by atoms with Crippen molar-refractivity contribution < 1.29 is 28.5 Å². The van der Waals surface area contributed by atoms with E-state index in [1.807, 2.05) is 0 Å². The molecule has 0 aliphatic carbocycles. The Balaban J connectivity index is 2.29. The maximum Gasteiger partial charge on any atom is 0.264 e. The summed E-state index contributed by atoms with van der Waals surface area (Å²) in [6.45, 7) is 0. The van der Waals surface area contributed by atoms with Gasteiger partial charge in [0, 0.05) is 0 Å². The van der Waals surface area contributed by atoms with Gasteiger partial charge in [-0.3, -0.25) is 4.57 Å². The van der Waals surface area contributed by atoms with E-state index in [2.05, 4.69) is 0 Å². The second kappa shape index (κ2) is 6.03. The molecule has 0 heterocycles. The topological polar surface area (TPSA) is 77.8 Å². The molecule has 2 atom stereocenters. The highest BCUT2D eigenvalue weighted by molar-refractivity contribution is 7.58. The van der Waals surface area contributed by atoms with E-state index in [0.717, 1.165) is 48.5 Å². The summed E-state index contributed by atoms with van der Waals surface area (Å²) in [5.74, 6) is -4.87. The van der Waals surface area contributed by atoms with Crippen molar-refractivity contribution in [3.63, 3.8) is 0 Å². The predicted octanol–water partition coefficient (Wildman–Crippen LogP) is 2.92. The van der Waals surface area contributed by atoms with Gasteiger partial charge in [-0.25, -0.2) is 8.78 Å². The minimum Gasteiger partial charge on any atom is -0.378 e. The van der Waals surface area contributed by atoms with Gasteiger partial charge in [-0.15, -0.1) is 0 Å². The lowest BCUT2D eigenvalue weighted by Crippen LogP contribution is -2.07. The fourth-order valence-corrected chi connectivity index (χ4v) is 3.30. The zero-order valence-corrected chi connectivity index (χ0v) is 11.6. The van der Waals surface area contributed by atoms with E-state index in [-0.39, 0.29) is 11.1 Å². The Labute approximate surface area is 119 Å². The fourth-order valence-electron chi connectivity index (χ4n) is 1.83. The van der Waals surface area contributed by atoms with Crippen LogP contribution in [-0.2, 0) is 4.57 Å². The number of halogens is 2. The second-order valence-electron chi connectivity index (χ2n) is 4.52. The van der Waals surface area contributed by atoms with E-state index < -0.39 is 30.7 Å². The number of aliphatic hydroxyl groups excluding tert-OH is 2. The van der Waals surface area contributed by atoms with Gasteiger partial charge in [0.1, 0.15) is 11.6 Å². The zero-order valence-electron chi connectivity index (χ0n) is 10.7. The summed E-state index contributed by atoms with van der Waals surface area (Å²) in [6.07, 6.45) is 0. The van der Waals surface area contributed by atoms with Crippen LogP contribution in [-0.4, -0.2) is 15.1 Å². The Morgan fingerprint density at radius 3 is 1.33 bits per heavy atom. The highest BCUT2D eigenvalue weighted by Gasteiger charge is 2.39. The van der Waals surface area contributed by atoms with Gasteiger partial charge in [0.2, 0.25) is 0 Å². The lowest BCUT2D eigenvalue weighted by Gasteiger charge is -2.23. The molecule has 2 aromatic rings. The quantitative estimate of drug-likeness (QED) is 0.758. The van der Waals surface area contributed by atoms with Gasteiger partial charge in [-0.05, 0) is 35.4 Å². The average Bonchev–Trinajstić information content (AvgIpc) is 2.47. The van der Waals surface area contributed by atoms with Crippen LogP contribution in [0.2, 0.25) is 0 Å². The van der Waals surface area contributed by atoms with E-state index in [1.54, 1.807) is 0 Å². The molecule has 0 bridgehead atoms. The fraction of sp³-hybridized carbons (Fsp3) is 0.143. The Hall–Kier alpha value is -1.59. The van der Waals surface area contributed by atoms with Gasteiger partial charge in [0.25, 0.3) is 7.37 Å². The standard InChI is InChI=1S/C14H13F2O4P/c15-11-5-1-9(2-6-11)13(17)21(19,20)14(18)10-3-7-12(16)8-4-10/h1-8,13-14,17-18H,(H,19,20)/t13-,14-/m0/s1. The van der Waals surface area contributed by atoms with E-state index >= 15 is 0 Å². The summed E-state index contributed by atoms with van der Waals surface area (Å²) >= 11 is 0. The molecule has 0 aliphatic rings. The van der Waals surface area contributed by atoms with Crippen LogP contribution < -0.4 is 0 Å². The van der Waals surface area contributed by atoms with Gasteiger partial charge < -0.3 is 15.1 Å². The lowest BCUT2D eigenvalue weighted by atomic mass is 10.2. The summed E-state index contributed by atoms with van der Waals surface area (Å²) in [4.78, 5) is 9.97. The van der Waals surface area contributed by atoms with Crippen LogP contribution in [0.3, 0.4) is 0 Å². The second-order valence-corrected chi connectivity index (χ2v) is 6.85. The Morgan fingerprint density at radius 2 is 1.05 bits per heavy atom.